The van der Waals surface area contributed by atoms with Crippen molar-refractivity contribution in [1.82, 2.24) is 0 Å². The minimum Gasteiger partial charge on any atom is -0.481 e. The van der Waals surface area contributed by atoms with Gasteiger partial charge in [-0.1, -0.05) is 51.9 Å². The third kappa shape index (κ3) is 13.4. The summed E-state index contributed by atoms with van der Waals surface area (Å²) in [6.07, 6.45) is 11.0. The summed E-state index contributed by atoms with van der Waals surface area (Å²) in [5.74, 6) is -1.09. The normalized spacial score (nSPS) is 12.2. The van der Waals surface area contributed by atoms with Crippen molar-refractivity contribution in [2.75, 3.05) is 0 Å². The van der Waals surface area contributed by atoms with Crippen molar-refractivity contribution in [1.29, 1.82) is 0 Å². The van der Waals surface area contributed by atoms with Crippen molar-refractivity contribution in [2.45, 2.75) is 84.0 Å². The Balaban J connectivity index is 3.62. The lowest BCUT2D eigenvalue weighted by Crippen LogP contribution is -2.08. The molecule has 118 valence electrons. The van der Waals surface area contributed by atoms with Gasteiger partial charge in [-0.05, 0) is 25.2 Å². The number of hydrogen-bond donors (Lipinski definition) is 2. The van der Waals surface area contributed by atoms with Crippen LogP contribution in [0.3, 0.4) is 0 Å². The highest BCUT2D eigenvalue weighted by Crippen LogP contribution is 2.21. The van der Waals surface area contributed by atoms with Crippen LogP contribution >= 0.6 is 0 Å². The summed E-state index contributed by atoms with van der Waals surface area (Å²) in [5, 5.41) is 17.4. The molecule has 1 atom stereocenters. The molecular weight excluding hydrogens is 256 g/mol. The van der Waals surface area contributed by atoms with Gasteiger partial charge in [-0.2, -0.15) is 0 Å². The van der Waals surface area contributed by atoms with Gasteiger partial charge in [-0.3, -0.25) is 9.59 Å². The first-order valence-corrected chi connectivity index (χ1v) is 7.99. The van der Waals surface area contributed by atoms with Crippen LogP contribution in [0.25, 0.3) is 0 Å². The fourth-order valence-electron chi connectivity index (χ4n) is 2.52. The van der Waals surface area contributed by atoms with Gasteiger partial charge in [-0.25, -0.2) is 0 Å². The first kappa shape index (κ1) is 18.9. The molecule has 0 aliphatic heterocycles. The minimum atomic E-state index is -0.720. The molecule has 0 bridgehead atoms. The number of aliphatic carboxylic acids is 2. The molecule has 0 fully saturated rings. The second-order valence-corrected chi connectivity index (χ2v) is 5.66. The molecule has 0 radical (unpaired) electrons. The molecule has 0 aliphatic carbocycles. The topological polar surface area (TPSA) is 74.6 Å². The molecule has 0 aromatic carbocycles. The van der Waals surface area contributed by atoms with Crippen LogP contribution in [0.15, 0.2) is 0 Å². The molecule has 0 rings (SSSR count). The average molecular weight is 286 g/mol. The minimum absolute atomic E-state index is 0.263. The highest BCUT2D eigenvalue weighted by Gasteiger charge is 2.12. The highest BCUT2D eigenvalue weighted by atomic mass is 16.4. The summed E-state index contributed by atoms with van der Waals surface area (Å²) in [4.78, 5) is 21.2. The Hall–Kier alpha value is -1.06. The van der Waals surface area contributed by atoms with Crippen LogP contribution in [0.1, 0.15) is 84.0 Å². The van der Waals surface area contributed by atoms with E-state index in [-0.39, 0.29) is 6.42 Å². The first-order chi connectivity index (χ1) is 9.56. The number of unbranched alkanes of at least 4 members (excludes halogenated alkanes) is 6. The van der Waals surface area contributed by atoms with E-state index in [2.05, 4.69) is 6.92 Å². The molecule has 0 amide bonds. The van der Waals surface area contributed by atoms with Crippen molar-refractivity contribution in [2.24, 2.45) is 5.92 Å². The van der Waals surface area contributed by atoms with Crippen LogP contribution in [-0.4, -0.2) is 22.2 Å². The fraction of sp³-hybridized carbons (Fsp3) is 0.875. The Labute approximate surface area is 122 Å². The molecule has 4 nitrogen and oxygen atoms in total. The third-order valence-corrected chi connectivity index (χ3v) is 3.68. The van der Waals surface area contributed by atoms with Crippen molar-refractivity contribution in [3.05, 3.63) is 0 Å². The molecule has 0 aliphatic rings. The monoisotopic (exact) mass is 286 g/mol. The first-order valence-electron chi connectivity index (χ1n) is 7.99. The standard InChI is InChI=1S/C16H30O4/c1-2-3-7-10-14(13-16(19)20)11-8-5-4-6-9-12-15(17)18/h14H,2-13H2,1H3,(H,17,18)(H,19,20). The van der Waals surface area contributed by atoms with Gasteiger partial charge in [0.05, 0.1) is 0 Å². The largest absolute Gasteiger partial charge is 0.481 e. The van der Waals surface area contributed by atoms with Gasteiger partial charge in [0.2, 0.25) is 0 Å². The second-order valence-electron chi connectivity index (χ2n) is 5.66. The smallest absolute Gasteiger partial charge is 0.303 e. The third-order valence-electron chi connectivity index (χ3n) is 3.68. The van der Waals surface area contributed by atoms with E-state index in [0.717, 1.165) is 51.4 Å². The number of rotatable bonds is 14. The van der Waals surface area contributed by atoms with Crippen LogP contribution in [0.2, 0.25) is 0 Å². The Bertz CT molecular complexity index is 263. The maximum Gasteiger partial charge on any atom is 0.303 e. The SMILES string of the molecule is CCCCCC(CCCCCCCC(=O)O)CC(=O)O. The Kier molecular flexibility index (Phi) is 12.3. The van der Waals surface area contributed by atoms with Gasteiger partial charge in [0, 0.05) is 12.8 Å². The van der Waals surface area contributed by atoms with Gasteiger partial charge in [0.15, 0.2) is 0 Å². The quantitative estimate of drug-likeness (QED) is 0.462. The number of carboxylic acid groups (broad SMARTS) is 2. The van der Waals surface area contributed by atoms with Crippen molar-refractivity contribution < 1.29 is 19.8 Å². The molecule has 0 saturated carbocycles. The molecule has 0 spiro atoms. The lowest BCUT2D eigenvalue weighted by atomic mass is 9.92. The van der Waals surface area contributed by atoms with Crippen LogP contribution < -0.4 is 0 Å². The van der Waals surface area contributed by atoms with Crippen molar-refractivity contribution >= 4 is 11.9 Å². The Morgan fingerprint density at radius 1 is 0.800 bits per heavy atom. The summed E-state index contributed by atoms with van der Waals surface area (Å²) in [6, 6.07) is 0. The van der Waals surface area contributed by atoms with Crippen molar-refractivity contribution in [3.8, 4) is 0 Å². The number of carbonyl (C=O) groups is 2. The summed E-state index contributed by atoms with van der Waals surface area (Å²) >= 11 is 0. The van der Waals surface area contributed by atoms with E-state index < -0.39 is 11.9 Å². The molecule has 2 N–H and O–H groups in total. The van der Waals surface area contributed by atoms with Crippen LogP contribution in [0.4, 0.5) is 0 Å². The van der Waals surface area contributed by atoms with Gasteiger partial charge in [0.25, 0.3) is 0 Å². The Morgan fingerprint density at radius 2 is 1.35 bits per heavy atom. The van der Waals surface area contributed by atoms with E-state index in [9.17, 15) is 9.59 Å². The molecule has 0 aromatic rings. The maximum absolute atomic E-state index is 10.8. The number of carboxylic acids is 2. The molecular formula is C16H30O4. The Morgan fingerprint density at radius 3 is 1.90 bits per heavy atom. The van der Waals surface area contributed by atoms with Crippen LogP contribution in [0, 0.1) is 5.92 Å². The molecule has 0 aromatic heterocycles. The van der Waals surface area contributed by atoms with E-state index in [0.29, 0.717) is 12.3 Å². The average Bonchev–Trinajstić information content (AvgIpc) is 2.36. The van der Waals surface area contributed by atoms with E-state index in [1.165, 1.54) is 12.8 Å². The molecule has 0 heterocycles. The predicted molar refractivity (Wildman–Crippen MR) is 79.8 cm³/mol. The van der Waals surface area contributed by atoms with E-state index in [4.69, 9.17) is 10.2 Å². The molecule has 4 heteroatoms. The summed E-state index contributed by atoms with van der Waals surface area (Å²) in [5.41, 5.74) is 0. The van der Waals surface area contributed by atoms with Gasteiger partial charge < -0.3 is 10.2 Å². The zero-order valence-electron chi connectivity index (χ0n) is 12.8. The van der Waals surface area contributed by atoms with E-state index in [1.54, 1.807) is 0 Å². The summed E-state index contributed by atoms with van der Waals surface area (Å²) < 4.78 is 0. The highest BCUT2D eigenvalue weighted by molar-refractivity contribution is 5.67. The molecule has 0 saturated heterocycles. The summed E-state index contributed by atoms with van der Waals surface area (Å²) in [6.45, 7) is 2.16. The van der Waals surface area contributed by atoms with E-state index in [1.807, 2.05) is 0 Å². The number of hydrogen-bond acceptors (Lipinski definition) is 2. The molecule has 1 unspecified atom stereocenters. The van der Waals surface area contributed by atoms with Crippen LogP contribution in [-0.2, 0) is 9.59 Å². The maximum atomic E-state index is 10.8. The van der Waals surface area contributed by atoms with Crippen molar-refractivity contribution in [3.63, 3.8) is 0 Å². The molecule has 20 heavy (non-hydrogen) atoms. The summed E-state index contributed by atoms with van der Waals surface area (Å²) in [7, 11) is 0. The lowest BCUT2D eigenvalue weighted by molar-refractivity contribution is -0.138. The van der Waals surface area contributed by atoms with Crippen LogP contribution in [0.5, 0.6) is 0 Å². The lowest BCUT2D eigenvalue weighted by Gasteiger charge is -2.14. The van der Waals surface area contributed by atoms with E-state index >= 15 is 0 Å². The predicted octanol–water partition coefficient (Wildman–Crippen LogP) is 4.47. The van der Waals surface area contributed by atoms with Gasteiger partial charge in [0.1, 0.15) is 0 Å². The zero-order chi connectivity index (χ0) is 15.2. The van der Waals surface area contributed by atoms with Gasteiger partial charge >= 0.3 is 11.9 Å². The fourth-order valence-corrected chi connectivity index (χ4v) is 2.52. The van der Waals surface area contributed by atoms with Gasteiger partial charge in [-0.15, -0.1) is 0 Å². The second kappa shape index (κ2) is 12.9. The zero-order valence-corrected chi connectivity index (χ0v) is 12.8.